The van der Waals surface area contributed by atoms with Crippen LogP contribution >= 0.6 is 0 Å². The fraction of sp³-hybridized carbons (Fsp3) is 0.348. The van der Waals surface area contributed by atoms with Gasteiger partial charge in [-0.25, -0.2) is 14.8 Å². The first-order chi connectivity index (χ1) is 13.5. The van der Waals surface area contributed by atoms with Crippen LogP contribution in [0.25, 0.3) is 17.2 Å². The van der Waals surface area contributed by atoms with E-state index in [9.17, 15) is 4.79 Å². The van der Waals surface area contributed by atoms with Crippen molar-refractivity contribution in [2.24, 2.45) is 0 Å². The molecule has 5 heteroatoms. The van der Waals surface area contributed by atoms with Gasteiger partial charge in [-0.15, -0.1) is 0 Å². The first-order valence-electron chi connectivity index (χ1n) is 9.70. The molecule has 1 aromatic carbocycles. The Morgan fingerprint density at radius 2 is 1.93 bits per heavy atom. The zero-order valence-corrected chi connectivity index (χ0v) is 17.0. The van der Waals surface area contributed by atoms with E-state index >= 15 is 0 Å². The van der Waals surface area contributed by atoms with Crippen molar-refractivity contribution in [2.45, 2.75) is 46.6 Å². The third-order valence-corrected chi connectivity index (χ3v) is 4.79. The predicted octanol–water partition coefficient (Wildman–Crippen LogP) is 4.63. The molecule has 5 nitrogen and oxygen atoms in total. The second-order valence-corrected chi connectivity index (χ2v) is 7.07. The van der Waals surface area contributed by atoms with Crippen molar-refractivity contribution in [1.29, 1.82) is 0 Å². The predicted molar refractivity (Wildman–Crippen MR) is 112 cm³/mol. The summed E-state index contributed by atoms with van der Waals surface area (Å²) in [6.45, 7) is 7.05. The van der Waals surface area contributed by atoms with Crippen LogP contribution in [0.4, 0.5) is 0 Å². The molecule has 2 heterocycles. The van der Waals surface area contributed by atoms with Crippen LogP contribution in [-0.4, -0.2) is 27.6 Å². The van der Waals surface area contributed by atoms with Crippen molar-refractivity contribution in [2.75, 3.05) is 7.11 Å². The summed E-state index contributed by atoms with van der Waals surface area (Å²) in [6.07, 6.45) is 6.37. The third kappa shape index (κ3) is 4.47. The highest BCUT2D eigenvalue weighted by Gasteiger charge is 2.14. The van der Waals surface area contributed by atoms with E-state index in [1.807, 2.05) is 19.1 Å². The minimum atomic E-state index is -0.355. The standard InChI is InChI=1S/C23H27N3O2/c1-5-6-7-20-25-22-16(2)14-17(3)24-23(22)26(20)15-19-10-8-18(9-11-19)12-13-21(27)28-4/h8-14H,5-7,15H2,1-4H3/b13-12+. The molecule has 28 heavy (non-hydrogen) atoms. The lowest BCUT2D eigenvalue weighted by Crippen LogP contribution is -2.06. The fourth-order valence-electron chi connectivity index (χ4n) is 3.29. The molecule has 0 amide bonds. The van der Waals surface area contributed by atoms with Crippen LogP contribution in [0.3, 0.4) is 0 Å². The van der Waals surface area contributed by atoms with Gasteiger partial charge in [0, 0.05) is 18.2 Å². The number of hydrogen-bond donors (Lipinski definition) is 0. The number of methoxy groups -OCH3 is 1. The number of carbonyl (C=O) groups excluding carboxylic acids is 1. The van der Waals surface area contributed by atoms with Crippen molar-refractivity contribution in [3.05, 3.63) is 64.6 Å². The van der Waals surface area contributed by atoms with E-state index in [4.69, 9.17) is 9.97 Å². The largest absolute Gasteiger partial charge is 0.466 e. The smallest absolute Gasteiger partial charge is 0.330 e. The number of rotatable bonds is 7. The molecule has 0 aliphatic heterocycles. The Hall–Kier alpha value is -2.95. The number of aryl methyl sites for hydroxylation is 3. The number of fused-ring (bicyclic) bond motifs is 1. The summed E-state index contributed by atoms with van der Waals surface area (Å²) >= 11 is 0. The van der Waals surface area contributed by atoms with Crippen LogP contribution in [0.5, 0.6) is 0 Å². The molecule has 146 valence electrons. The maximum Gasteiger partial charge on any atom is 0.330 e. The minimum absolute atomic E-state index is 0.355. The van der Waals surface area contributed by atoms with Crippen molar-refractivity contribution in [3.8, 4) is 0 Å². The number of unbranched alkanes of at least 4 members (excludes halogenated alkanes) is 1. The van der Waals surface area contributed by atoms with Gasteiger partial charge >= 0.3 is 5.97 Å². The van der Waals surface area contributed by atoms with Gasteiger partial charge in [-0.1, -0.05) is 37.6 Å². The number of pyridine rings is 1. The lowest BCUT2D eigenvalue weighted by Gasteiger charge is -2.10. The van der Waals surface area contributed by atoms with E-state index in [2.05, 4.69) is 41.4 Å². The maximum atomic E-state index is 11.2. The minimum Gasteiger partial charge on any atom is -0.466 e. The van der Waals surface area contributed by atoms with Gasteiger partial charge in [0.05, 0.1) is 13.7 Å². The van der Waals surface area contributed by atoms with Gasteiger partial charge in [0.15, 0.2) is 5.65 Å². The number of esters is 1. The van der Waals surface area contributed by atoms with Gasteiger partial charge in [0.2, 0.25) is 0 Å². The van der Waals surface area contributed by atoms with Crippen LogP contribution in [-0.2, 0) is 22.5 Å². The topological polar surface area (TPSA) is 57.0 Å². The molecule has 0 unspecified atom stereocenters. The molecule has 0 fully saturated rings. The fourth-order valence-corrected chi connectivity index (χ4v) is 3.29. The van der Waals surface area contributed by atoms with Crippen LogP contribution in [0.15, 0.2) is 36.4 Å². The quantitative estimate of drug-likeness (QED) is 0.445. The van der Waals surface area contributed by atoms with Gasteiger partial charge in [-0.3, -0.25) is 0 Å². The van der Waals surface area contributed by atoms with Crippen molar-refractivity contribution >= 4 is 23.2 Å². The molecule has 0 saturated carbocycles. The Bertz CT molecular complexity index is 1000. The Balaban J connectivity index is 1.92. The molecular weight excluding hydrogens is 350 g/mol. The Morgan fingerprint density at radius 3 is 2.61 bits per heavy atom. The summed E-state index contributed by atoms with van der Waals surface area (Å²) < 4.78 is 6.87. The van der Waals surface area contributed by atoms with E-state index in [1.165, 1.54) is 24.3 Å². The summed E-state index contributed by atoms with van der Waals surface area (Å²) in [5.41, 5.74) is 6.26. The van der Waals surface area contributed by atoms with Crippen LogP contribution in [0, 0.1) is 13.8 Å². The second-order valence-electron chi connectivity index (χ2n) is 7.07. The van der Waals surface area contributed by atoms with Gasteiger partial charge in [-0.2, -0.15) is 0 Å². The molecule has 3 aromatic rings. The summed E-state index contributed by atoms with van der Waals surface area (Å²) in [7, 11) is 1.37. The van der Waals surface area contributed by atoms with Crippen LogP contribution < -0.4 is 0 Å². The van der Waals surface area contributed by atoms with E-state index < -0.39 is 0 Å². The van der Waals surface area contributed by atoms with Gasteiger partial charge < -0.3 is 9.30 Å². The molecule has 0 saturated heterocycles. The molecule has 0 atom stereocenters. The number of hydrogen-bond acceptors (Lipinski definition) is 4. The maximum absolute atomic E-state index is 11.2. The molecule has 3 rings (SSSR count). The van der Waals surface area contributed by atoms with Gasteiger partial charge in [0.1, 0.15) is 11.3 Å². The van der Waals surface area contributed by atoms with Crippen LogP contribution in [0.2, 0.25) is 0 Å². The molecule has 0 bridgehead atoms. The molecule has 0 aliphatic rings. The monoisotopic (exact) mass is 377 g/mol. The highest BCUT2D eigenvalue weighted by molar-refractivity contribution is 5.86. The average molecular weight is 377 g/mol. The van der Waals surface area contributed by atoms with Crippen LogP contribution in [0.1, 0.15) is 48.0 Å². The number of imidazole rings is 1. The summed E-state index contributed by atoms with van der Waals surface area (Å²) in [5, 5.41) is 0. The second kappa shape index (κ2) is 8.83. The summed E-state index contributed by atoms with van der Waals surface area (Å²) in [4.78, 5) is 20.9. The SMILES string of the molecule is CCCCc1nc2c(C)cc(C)nc2n1Cc1ccc(/C=C/C(=O)OC)cc1. The number of benzene rings is 1. The average Bonchev–Trinajstić information content (AvgIpc) is 3.03. The summed E-state index contributed by atoms with van der Waals surface area (Å²) in [5.74, 6) is 0.735. The number of ether oxygens (including phenoxy) is 1. The highest BCUT2D eigenvalue weighted by Crippen LogP contribution is 2.22. The third-order valence-electron chi connectivity index (χ3n) is 4.79. The first-order valence-corrected chi connectivity index (χ1v) is 9.70. The van der Waals surface area contributed by atoms with E-state index in [0.29, 0.717) is 0 Å². The van der Waals surface area contributed by atoms with Gasteiger partial charge in [0.25, 0.3) is 0 Å². The lowest BCUT2D eigenvalue weighted by molar-refractivity contribution is -0.134. The number of aromatic nitrogens is 3. The molecule has 0 aliphatic carbocycles. The Morgan fingerprint density at radius 1 is 1.18 bits per heavy atom. The summed E-state index contributed by atoms with van der Waals surface area (Å²) in [6, 6.07) is 10.3. The molecular formula is C23H27N3O2. The zero-order chi connectivity index (χ0) is 20.1. The van der Waals surface area contributed by atoms with Gasteiger partial charge in [-0.05, 0) is 49.1 Å². The van der Waals surface area contributed by atoms with E-state index in [0.717, 1.165) is 54.1 Å². The molecule has 0 N–H and O–H groups in total. The zero-order valence-electron chi connectivity index (χ0n) is 17.0. The van der Waals surface area contributed by atoms with E-state index in [-0.39, 0.29) is 5.97 Å². The molecule has 0 radical (unpaired) electrons. The lowest BCUT2D eigenvalue weighted by atomic mass is 10.1. The molecule has 0 spiro atoms. The van der Waals surface area contributed by atoms with Crippen molar-refractivity contribution < 1.29 is 9.53 Å². The van der Waals surface area contributed by atoms with Crippen molar-refractivity contribution in [3.63, 3.8) is 0 Å². The Labute approximate surface area is 166 Å². The number of nitrogens with zero attached hydrogens (tertiary/aromatic N) is 3. The Kier molecular flexibility index (Phi) is 6.24. The molecule has 2 aromatic heterocycles. The van der Waals surface area contributed by atoms with E-state index in [1.54, 1.807) is 6.08 Å². The highest BCUT2D eigenvalue weighted by atomic mass is 16.5. The first kappa shape index (κ1) is 19.8. The van der Waals surface area contributed by atoms with Crippen molar-refractivity contribution in [1.82, 2.24) is 14.5 Å². The normalized spacial score (nSPS) is 11.4. The number of carbonyl (C=O) groups is 1.